The second-order valence-electron chi connectivity index (χ2n) is 3.59. The van der Waals surface area contributed by atoms with E-state index in [2.05, 4.69) is 11.4 Å². The zero-order valence-corrected chi connectivity index (χ0v) is 9.57. The fourth-order valence-electron chi connectivity index (χ4n) is 1.57. The Balaban J connectivity index is 2.48. The highest BCUT2D eigenvalue weighted by molar-refractivity contribution is 5.75. The molecular weight excluding hydrogens is 250 g/mol. The van der Waals surface area contributed by atoms with Crippen molar-refractivity contribution >= 4 is 22.7 Å². The largest absolute Gasteiger partial charge is 0.369 e. The summed E-state index contributed by atoms with van der Waals surface area (Å²) in [6.07, 6.45) is 0. The predicted molar refractivity (Wildman–Crippen MR) is 68.3 cm³/mol. The van der Waals surface area contributed by atoms with E-state index in [1.165, 1.54) is 6.07 Å². The molecule has 0 heterocycles. The number of benzene rings is 2. The van der Waals surface area contributed by atoms with Crippen LogP contribution in [-0.4, -0.2) is 9.85 Å². The number of rotatable bonds is 4. The van der Waals surface area contributed by atoms with E-state index in [0.29, 0.717) is 5.69 Å². The van der Waals surface area contributed by atoms with Gasteiger partial charge in [0.2, 0.25) is 0 Å². The average Bonchev–Trinajstić information content (AvgIpc) is 2.39. The Morgan fingerprint density at radius 3 is 2.26 bits per heavy atom. The van der Waals surface area contributed by atoms with Crippen LogP contribution in [0.1, 0.15) is 0 Å². The van der Waals surface area contributed by atoms with Crippen LogP contribution in [0.2, 0.25) is 0 Å². The van der Waals surface area contributed by atoms with Gasteiger partial charge in [-0.3, -0.25) is 20.2 Å². The van der Waals surface area contributed by atoms with Crippen molar-refractivity contribution in [2.75, 3.05) is 5.32 Å². The van der Waals surface area contributed by atoms with Gasteiger partial charge in [0.05, 0.1) is 9.85 Å². The lowest BCUT2D eigenvalue weighted by molar-refractivity contribution is -0.421. The third-order valence-electron chi connectivity index (χ3n) is 2.37. The summed E-state index contributed by atoms with van der Waals surface area (Å²) in [6.45, 7) is 0. The average molecular weight is 258 g/mol. The summed E-state index contributed by atoms with van der Waals surface area (Å²) in [6, 6.07) is 13.6. The second-order valence-corrected chi connectivity index (χ2v) is 3.59. The summed E-state index contributed by atoms with van der Waals surface area (Å²) in [7, 11) is 0. The van der Waals surface area contributed by atoms with Crippen LogP contribution in [0.5, 0.6) is 0 Å². The summed E-state index contributed by atoms with van der Waals surface area (Å²) < 4.78 is 0. The van der Waals surface area contributed by atoms with Crippen LogP contribution in [0.4, 0.5) is 22.7 Å². The number of anilines is 2. The fraction of sp³-hybridized carbons (Fsp3) is 0. The topological polar surface area (TPSA) is 98.3 Å². The second kappa shape index (κ2) is 5.13. The van der Waals surface area contributed by atoms with Crippen molar-refractivity contribution in [3.63, 3.8) is 0 Å². The normalized spacial score (nSPS) is 9.89. The summed E-state index contributed by atoms with van der Waals surface area (Å²) in [5.41, 5.74) is -0.619. The Labute approximate surface area is 107 Å². The van der Waals surface area contributed by atoms with Crippen LogP contribution in [0.15, 0.2) is 42.5 Å². The van der Waals surface area contributed by atoms with E-state index in [1.807, 2.05) is 0 Å². The number of nitro groups is 2. The smallest absolute Gasteiger partial charge is 0.349 e. The van der Waals surface area contributed by atoms with Gasteiger partial charge < -0.3 is 5.32 Å². The monoisotopic (exact) mass is 258 g/mol. The molecule has 0 amide bonds. The van der Waals surface area contributed by atoms with Gasteiger partial charge in [0, 0.05) is 17.8 Å². The lowest BCUT2D eigenvalue weighted by Gasteiger charge is -2.06. The summed E-state index contributed by atoms with van der Waals surface area (Å²) in [5.74, 6) is 0. The number of para-hydroxylation sites is 1. The molecule has 0 spiro atoms. The number of nitrogens with zero attached hydrogens (tertiary/aromatic N) is 2. The van der Waals surface area contributed by atoms with Crippen molar-refractivity contribution in [2.45, 2.75) is 0 Å². The summed E-state index contributed by atoms with van der Waals surface area (Å²) in [5, 5.41) is 24.5. The molecule has 0 aliphatic heterocycles. The molecular formula is C12H8N3O4. The van der Waals surface area contributed by atoms with E-state index in [-0.39, 0.29) is 5.69 Å². The van der Waals surface area contributed by atoms with Crippen molar-refractivity contribution in [3.8, 4) is 0 Å². The molecule has 0 saturated heterocycles. The van der Waals surface area contributed by atoms with Crippen LogP contribution in [0, 0.1) is 26.3 Å². The van der Waals surface area contributed by atoms with Gasteiger partial charge in [-0.05, 0) is 18.2 Å². The molecule has 7 heteroatoms. The zero-order chi connectivity index (χ0) is 13.8. The molecule has 0 aromatic heterocycles. The molecule has 7 nitrogen and oxygen atoms in total. The van der Waals surface area contributed by atoms with Gasteiger partial charge in [0.25, 0.3) is 0 Å². The molecule has 0 bridgehead atoms. The fourth-order valence-corrected chi connectivity index (χ4v) is 1.57. The van der Waals surface area contributed by atoms with E-state index in [4.69, 9.17) is 0 Å². The van der Waals surface area contributed by atoms with Crippen LogP contribution in [0.3, 0.4) is 0 Å². The van der Waals surface area contributed by atoms with E-state index < -0.39 is 21.2 Å². The van der Waals surface area contributed by atoms with Gasteiger partial charge in [0.1, 0.15) is 5.69 Å². The molecule has 2 aromatic rings. The zero-order valence-electron chi connectivity index (χ0n) is 9.57. The first-order valence-electron chi connectivity index (χ1n) is 5.25. The van der Waals surface area contributed by atoms with Crippen molar-refractivity contribution < 1.29 is 9.85 Å². The van der Waals surface area contributed by atoms with Crippen molar-refractivity contribution in [1.29, 1.82) is 0 Å². The first-order valence-corrected chi connectivity index (χ1v) is 5.25. The lowest BCUT2D eigenvalue weighted by Crippen LogP contribution is -2.01. The maximum Gasteiger partial charge on any atom is 0.369 e. The summed E-state index contributed by atoms with van der Waals surface area (Å²) in [4.78, 5) is 20.2. The van der Waals surface area contributed by atoms with Gasteiger partial charge in [0.15, 0.2) is 0 Å². The van der Waals surface area contributed by atoms with Gasteiger partial charge in [-0.15, -0.1) is 0 Å². The number of hydrogen-bond donors (Lipinski definition) is 1. The Kier molecular flexibility index (Phi) is 3.37. The third kappa shape index (κ3) is 2.65. The van der Waals surface area contributed by atoms with E-state index in [0.717, 1.165) is 6.07 Å². The van der Waals surface area contributed by atoms with E-state index in [1.54, 1.807) is 30.3 Å². The van der Waals surface area contributed by atoms with Crippen LogP contribution < -0.4 is 5.32 Å². The molecule has 0 saturated carbocycles. The van der Waals surface area contributed by atoms with Gasteiger partial charge in [-0.2, -0.15) is 0 Å². The molecule has 0 fully saturated rings. The number of hydrogen-bond acceptors (Lipinski definition) is 5. The standard InChI is InChI=1S/C12H8N3O4/c16-14(17)11-8-4-7-10(12(11)15(18)19)13-9-5-2-1-3-6-9/h1-6,8,13H. The lowest BCUT2D eigenvalue weighted by atomic mass is 10.2. The first kappa shape index (κ1) is 12.5. The van der Waals surface area contributed by atoms with E-state index in [9.17, 15) is 20.2 Å². The maximum atomic E-state index is 11.0. The first-order chi connectivity index (χ1) is 9.09. The van der Waals surface area contributed by atoms with Crippen LogP contribution in [-0.2, 0) is 0 Å². The minimum atomic E-state index is -0.792. The third-order valence-corrected chi connectivity index (χ3v) is 2.37. The highest BCUT2D eigenvalue weighted by Crippen LogP contribution is 2.35. The van der Waals surface area contributed by atoms with Crippen LogP contribution >= 0.6 is 0 Å². The Morgan fingerprint density at radius 1 is 1.00 bits per heavy atom. The molecule has 1 N–H and O–H groups in total. The molecule has 19 heavy (non-hydrogen) atoms. The highest BCUT2D eigenvalue weighted by Gasteiger charge is 2.28. The van der Waals surface area contributed by atoms with E-state index >= 15 is 0 Å². The van der Waals surface area contributed by atoms with Crippen molar-refractivity contribution in [1.82, 2.24) is 0 Å². The predicted octanol–water partition coefficient (Wildman–Crippen LogP) is 3.05. The Morgan fingerprint density at radius 2 is 1.68 bits per heavy atom. The Bertz CT molecular complexity index is 628. The molecule has 0 atom stereocenters. The quantitative estimate of drug-likeness (QED) is 0.671. The molecule has 2 rings (SSSR count). The van der Waals surface area contributed by atoms with Gasteiger partial charge in [-0.1, -0.05) is 18.2 Å². The molecule has 0 unspecified atom stereocenters. The van der Waals surface area contributed by atoms with Gasteiger partial charge >= 0.3 is 11.4 Å². The molecule has 2 aromatic carbocycles. The number of nitro benzene ring substituents is 2. The SMILES string of the molecule is O=[N+]([O-])c1cc[c]c(Nc2ccccc2)c1[N+](=O)[O-]. The minimum absolute atomic E-state index is 0.0367. The van der Waals surface area contributed by atoms with Crippen molar-refractivity contribution in [2.24, 2.45) is 0 Å². The van der Waals surface area contributed by atoms with Crippen molar-refractivity contribution in [3.05, 3.63) is 68.8 Å². The molecule has 0 aliphatic carbocycles. The molecule has 95 valence electrons. The highest BCUT2D eigenvalue weighted by atomic mass is 16.6. The summed E-state index contributed by atoms with van der Waals surface area (Å²) >= 11 is 0. The maximum absolute atomic E-state index is 11.0. The molecule has 1 radical (unpaired) electrons. The van der Waals surface area contributed by atoms with Crippen LogP contribution in [0.25, 0.3) is 0 Å². The number of nitrogens with one attached hydrogen (secondary N) is 1. The minimum Gasteiger partial charge on any atom is -0.349 e. The molecule has 0 aliphatic rings. The van der Waals surface area contributed by atoms with Gasteiger partial charge in [-0.25, -0.2) is 0 Å². The Hall–Kier alpha value is -2.96.